The van der Waals surface area contributed by atoms with Crippen molar-refractivity contribution in [3.8, 4) is 17.6 Å². The Labute approximate surface area is 205 Å². The summed E-state index contributed by atoms with van der Waals surface area (Å²) < 4.78 is 11.7. The van der Waals surface area contributed by atoms with Gasteiger partial charge in [0.15, 0.2) is 5.75 Å². The van der Waals surface area contributed by atoms with E-state index >= 15 is 0 Å². The SMILES string of the molecule is COc1ccc([C@H](C)CN[C@H](c2ccccc2)[C@H]2CNc3cccc(C#N)c3O2)cc1CC(=O)O. The number of nitrogens with zero attached hydrogens (tertiary/aromatic N) is 1. The van der Waals surface area contributed by atoms with Crippen LogP contribution >= 0.6 is 0 Å². The molecule has 35 heavy (non-hydrogen) atoms. The minimum atomic E-state index is -0.894. The standard InChI is InChI=1S/C28H29N3O4/c1-18(20-11-12-24(34-2)22(13-20)14-26(32)33)16-31-27(19-7-4-3-5-8-19)25-17-30-23-10-6-9-21(15-29)28(23)35-25/h3-13,18,25,27,30-31H,14,16-17H2,1-2H3,(H,32,33)/t18-,25-,27-/m1/s1. The van der Waals surface area contributed by atoms with Crippen molar-refractivity contribution < 1.29 is 19.4 Å². The van der Waals surface area contributed by atoms with Gasteiger partial charge in [-0.2, -0.15) is 5.26 Å². The van der Waals surface area contributed by atoms with Gasteiger partial charge in [0.1, 0.15) is 17.9 Å². The highest BCUT2D eigenvalue weighted by molar-refractivity contribution is 5.71. The molecule has 3 N–H and O–H groups in total. The first-order valence-corrected chi connectivity index (χ1v) is 11.6. The zero-order chi connectivity index (χ0) is 24.8. The Balaban J connectivity index is 1.55. The van der Waals surface area contributed by atoms with Crippen LogP contribution in [0, 0.1) is 11.3 Å². The number of methoxy groups -OCH3 is 1. The average molecular weight is 472 g/mol. The number of hydrogen-bond donors (Lipinski definition) is 3. The van der Waals surface area contributed by atoms with E-state index in [1.165, 1.54) is 0 Å². The first kappa shape index (κ1) is 24.1. The zero-order valence-corrected chi connectivity index (χ0v) is 19.8. The molecule has 0 fully saturated rings. The number of nitriles is 1. The highest BCUT2D eigenvalue weighted by Gasteiger charge is 2.30. The molecule has 0 saturated heterocycles. The molecule has 0 saturated carbocycles. The number of ether oxygens (including phenoxy) is 2. The van der Waals surface area contributed by atoms with Crippen LogP contribution in [0.5, 0.6) is 11.5 Å². The summed E-state index contributed by atoms with van der Waals surface area (Å²) in [6.45, 7) is 3.34. The minimum absolute atomic E-state index is 0.0912. The predicted octanol–water partition coefficient (Wildman–Crippen LogP) is 4.50. The summed E-state index contributed by atoms with van der Waals surface area (Å²) in [6, 6.07) is 23.4. The molecule has 0 amide bonds. The maximum atomic E-state index is 11.3. The lowest BCUT2D eigenvalue weighted by Gasteiger charge is -2.35. The third-order valence-electron chi connectivity index (χ3n) is 6.29. The van der Waals surface area contributed by atoms with Crippen LogP contribution in [0.15, 0.2) is 66.7 Å². The van der Waals surface area contributed by atoms with Crippen LogP contribution < -0.4 is 20.1 Å². The average Bonchev–Trinajstić information content (AvgIpc) is 2.88. The number of rotatable bonds is 9. The Morgan fingerprint density at radius 2 is 2.00 bits per heavy atom. The zero-order valence-electron chi connectivity index (χ0n) is 19.8. The maximum absolute atomic E-state index is 11.3. The number of para-hydroxylation sites is 1. The van der Waals surface area contributed by atoms with Gasteiger partial charge in [-0.1, -0.05) is 55.5 Å². The van der Waals surface area contributed by atoms with E-state index in [1.807, 2.05) is 48.5 Å². The Kier molecular flexibility index (Phi) is 7.54. The number of carboxylic acid groups (broad SMARTS) is 1. The van der Waals surface area contributed by atoms with Crippen molar-refractivity contribution in [1.82, 2.24) is 5.32 Å². The van der Waals surface area contributed by atoms with E-state index in [-0.39, 0.29) is 24.5 Å². The molecule has 0 aliphatic carbocycles. The molecule has 3 atom stereocenters. The Hall–Kier alpha value is -4.02. The second-order valence-electron chi connectivity index (χ2n) is 8.67. The fourth-order valence-electron chi connectivity index (χ4n) is 4.43. The highest BCUT2D eigenvalue weighted by Crippen LogP contribution is 2.35. The van der Waals surface area contributed by atoms with Gasteiger partial charge in [-0.3, -0.25) is 4.79 Å². The van der Waals surface area contributed by atoms with Crippen LogP contribution in [0.1, 0.15) is 41.1 Å². The normalized spacial score (nSPS) is 16.1. The number of benzene rings is 3. The lowest BCUT2D eigenvalue weighted by molar-refractivity contribution is -0.136. The largest absolute Gasteiger partial charge is 0.496 e. The van der Waals surface area contributed by atoms with Gasteiger partial charge in [0.2, 0.25) is 0 Å². The van der Waals surface area contributed by atoms with Crippen molar-refractivity contribution in [2.45, 2.75) is 31.4 Å². The number of hydrogen-bond acceptors (Lipinski definition) is 6. The van der Waals surface area contributed by atoms with Gasteiger partial charge >= 0.3 is 5.97 Å². The predicted molar refractivity (Wildman–Crippen MR) is 134 cm³/mol. The van der Waals surface area contributed by atoms with E-state index in [4.69, 9.17) is 9.47 Å². The molecule has 7 nitrogen and oxygen atoms in total. The summed E-state index contributed by atoms with van der Waals surface area (Å²) in [6.07, 6.45) is -0.323. The smallest absolute Gasteiger partial charge is 0.307 e. The molecule has 7 heteroatoms. The number of carbonyl (C=O) groups is 1. The van der Waals surface area contributed by atoms with E-state index in [1.54, 1.807) is 13.2 Å². The molecular formula is C28H29N3O4. The third-order valence-corrected chi connectivity index (χ3v) is 6.29. The Bertz CT molecular complexity index is 1220. The molecule has 1 aliphatic rings. The molecule has 0 radical (unpaired) electrons. The molecule has 3 aromatic carbocycles. The van der Waals surface area contributed by atoms with Crippen molar-refractivity contribution in [3.63, 3.8) is 0 Å². The quantitative estimate of drug-likeness (QED) is 0.422. The van der Waals surface area contributed by atoms with Gasteiger partial charge < -0.3 is 25.2 Å². The van der Waals surface area contributed by atoms with Crippen LogP contribution in [0.25, 0.3) is 0 Å². The summed E-state index contributed by atoms with van der Waals surface area (Å²) in [5.74, 6) is 0.370. The Morgan fingerprint density at radius 1 is 1.20 bits per heavy atom. The van der Waals surface area contributed by atoms with Crippen molar-refractivity contribution >= 4 is 11.7 Å². The summed E-state index contributed by atoms with van der Waals surface area (Å²) in [5, 5.41) is 25.9. The molecule has 3 aromatic rings. The van der Waals surface area contributed by atoms with Crippen LogP contribution in [0.4, 0.5) is 5.69 Å². The molecule has 0 unspecified atom stereocenters. The van der Waals surface area contributed by atoms with Crippen molar-refractivity contribution in [2.24, 2.45) is 0 Å². The van der Waals surface area contributed by atoms with Gasteiger partial charge in [0.05, 0.1) is 37.4 Å². The first-order chi connectivity index (χ1) is 17.0. The second-order valence-corrected chi connectivity index (χ2v) is 8.67. The summed E-state index contributed by atoms with van der Waals surface area (Å²) >= 11 is 0. The van der Waals surface area contributed by atoms with E-state index < -0.39 is 5.97 Å². The van der Waals surface area contributed by atoms with Gasteiger partial charge in [-0.05, 0) is 35.2 Å². The molecular weight excluding hydrogens is 442 g/mol. The molecule has 1 heterocycles. The van der Waals surface area contributed by atoms with E-state index in [9.17, 15) is 15.2 Å². The topological polar surface area (TPSA) is 104 Å². The van der Waals surface area contributed by atoms with E-state index in [0.29, 0.717) is 35.7 Å². The van der Waals surface area contributed by atoms with Gasteiger partial charge in [0.25, 0.3) is 0 Å². The number of anilines is 1. The fourth-order valence-corrected chi connectivity index (χ4v) is 4.43. The van der Waals surface area contributed by atoms with E-state index in [0.717, 1.165) is 16.8 Å². The monoisotopic (exact) mass is 471 g/mol. The molecule has 4 rings (SSSR count). The molecule has 0 spiro atoms. The van der Waals surface area contributed by atoms with Gasteiger partial charge in [-0.25, -0.2) is 0 Å². The maximum Gasteiger partial charge on any atom is 0.307 e. The lowest BCUT2D eigenvalue weighted by atomic mass is 9.95. The van der Waals surface area contributed by atoms with Crippen molar-refractivity contribution in [3.05, 3.63) is 89.0 Å². The first-order valence-electron chi connectivity index (χ1n) is 11.6. The summed E-state index contributed by atoms with van der Waals surface area (Å²) in [4.78, 5) is 11.3. The van der Waals surface area contributed by atoms with Crippen LogP contribution in [0.3, 0.4) is 0 Å². The van der Waals surface area contributed by atoms with E-state index in [2.05, 4.69) is 35.8 Å². The van der Waals surface area contributed by atoms with Gasteiger partial charge in [-0.15, -0.1) is 0 Å². The molecule has 1 aliphatic heterocycles. The Morgan fingerprint density at radius 3 is 2.71 bits per heavy atom. The second kappa shape index (κ2) is 10.9. The summed E-state index contributed by atoms with van der Waals surface area (Å²) in [5.41, 5.74) is 4.10. The van der Waals surface area contributed by atoms with Crippen molar-refractivity contribution in [1.29, 1.82) is 5.26 Å². The number of carboxylic acids is 1. The molecule has 0 bridgehead atoms. The third kappa shape index (κ3) is 5.56. The summed E-state index contributed by atoms with van der Waals surface area (Å²) in [7, 11) is 1.55. The minimum Gasteiger partial charge on any atom is -0.496 e. The van der Waals surface area contributed by atoms with Crippen LogP contribution in [-0.2, 0) is 11.2 Å². The van der Waals surface area contributed by atoms with Crippen LogP contribution in [-0.4, -0.2) is 37.4 Å². The van der Waals surface area contributed by atoms with Gasteiger partial charge in [0, 0.05) is 12.1 Å². The van der Waals surface area contributed by atoms with Crippen LogP contribution in [0.2, 0.25) is 0 Å². The number of fused-ring (bicyclic) bond motifs is 1. The lowest BCUT2D eigenvalue weighted by Crippen LogP contribution is -2.43. The number of nitrogens with one attached hydrogen (secondary N) is 2. The molecule has 180 valence electrons. The number of aliphatic carboxylic acids is 1. The molecule has 0 aromatic heterocycles. The van der Waals surface area contributed by atoms with Crippen molar-refractivity contribution in [2.75, 3.05) is 25.5 Å². The fraction of sp³-hybridized carbons (Fsp3) is 0.286. The highest BCUT2D eigenvalue weighted by atomic mass is 16.5.